The van der Waals surface area contributed by atoms with E-state index >= 15 is 0 Å². The second kappa shape index (κ2) is 8.98. The molecule has 1 saturated carbocycles. The van der Waals surface area contributed by atoms with Gasteiger partial charge < -0.3 is 15.2 Å². The quantitative estimate of drug-likeness (QED) is 0.695. The predicted molar refractivity (Wildman–Crippen MR) is 81.9 cm³/mol. The molecule has 0 bridgehead atoms. The van der Waals surface area contributed by atoms with Crippen LogP contribution >= 0.6 is 0 Å². The molecule has 1 saturated heterocycles. The van der Waals surface area contributed by atoms with Gasteiger partial charge in [-0.25, -0.2) is 0 Å². The maximum absolute atomic E-state index is 10.0. The zero-order chi connectivity index (χ0) is 14.2. The molecule has 1 atom stereocenters. The highest BCUT2D eigenvalue weighted by Gasteiger charge is 2.18. The average molecular weight is 284 g/mol. The molecule has 20 heavy (non-hydrogen) atoms. The Morgan fingerprint density at radius 3 is 2.60 bits per heavy atom. The summed E-state index contributed by atoms with van der Waals surface area (Å²) in [4.78, 5) is 2.29. The van der Waals surface area contributed by atoms with E-state index in [2.05, 4.69) is 17.1 Å². The lowest BCUT2D eigenvalue weighted by molar-refractivity contribution is 0.0149. The number of aliphatic hydroxyl groups excluding tert-OH is 1. The molecular weight excluding hydrogens is 252 g/mol. The van der Waals surface area contributed by atoms with Gasteiger partial charge in [-0.3, -0.25) is 4.90 Å². The molecule has 2 fully saturated rings. The number of nitrogens with zero attached hydrogens (tertiary/aromatic N) is 1. The molecule has 0 spiro atoms. The van der Waals surface area contributed by atoms with Gasteiger partial charge in [0.2, 0.25) is 0 Å². The lowest BCUT2D eigenvalue weighted by Gasteiger charge is -2.29. The Kier molecular flexibility index (Phi) is 7.28. The molecule has 0 radical (unpaired) electrons. The van der Waals surface area contributed by atoms with Crippen molar-refractivity contribution in [3.8, 4) is 0 Å². The number of rotatable bonds is 7. The van der Waals surface area contributed by atoms with Crippen LogP contribution in [-0.4, -0.2) is 62.0 Å². The Morgan fingerprint density at radius 1 is 1.20 bits per heavy atom. The van der Waals surface area contributed by atoms with E-state index < -0.39 is 0 Å². The van der Waals surface area contributed by atoms with Crippen LogP contribution in [0.25, 0.3) is 0 Å². The van der Waals surface area contributed by atoms with Crippen molar-refractivity contribution >= 4 is 0 Å². The van der Waals surface area contributed by atoms with E-state index in [1.807, 2.05) is 0 Å². The number of hydrogen-bond acceptors (Lipinski definition) is 4. The summed E-state index contributed by atoms with van der Waals surface area (Å²) in [7, 11) is 0. The second-order valence-electron chi connectivity index (χ2n) is 6.69. The first-order valence-electron chi connectivity index (χ1n) is 8.43. The van der Waals surface area contributed by atoms with Gasteiger partial charge in [-0.15, -0.1) is 0 Å². The Bertz CT molecular complexity index is 249. The van der Waals surface area contributed by atoms with Crippen molar-refractivity contribution in [3.63, 3.8) is 0 Å². The molecule has 118 valence electrons. The lowest BCUT2D eigenvalue weighted by atomic mass is 9.81. The van der Waals surface area contributed by atoms with E-state index in [1.54, 1.807) is 0 Å². The third-order valence-electron chi connectivity index (χ3n) is 4.82. The molecule has 2 rings (SSSR count). The van der Waals surface area contributed by atoms with Gasteiger partial charge in [0, 0.05) is 26.2 Å². The molecule has 4 nitrogen and oxygen atoms in total. The lowest BCUT2D eigenvalue weighted by Crippen LogP contribution is -2.43. The maximum Gasteiger partial charge on any atom is 0.0791 e. The predicted octanol–water partition coefficient (Wildman–Crippen LogP) is 1.49. The minimum Gasteiger partial charge on any atom is -0.390 e. The minimum atomic E-state index is -0.250. The highest BCUT2D eigenvalue weighted by Crippen LogP contribution is 2.29. The van der Waals surface area contributed by atoms with Crippen molar-refractivity contribution in [3.05, 3.63) is 0 Å². The normalized spacial score (nSPS) is 30.3. The molecule has 1 aliphatic carbocycles. The first-order chi connectivity index (χ1) is 9.74. The third-order valence-corrected chi connectivity index (χ3v) is 4.82. The molecule has 1 aliphatic heterocycles. The van der Waals surface area contributed by atoms with Gasteiger partial charge in [0.15, 0.2) is 0 Å². The van der Waals surface area contributed by atoms with E-state index in [-0.39, 0.29) is 6.10 Å². The summed E-state index contributed by atoms with van der Waals surface area (Å²) in [5.41, 5.74) is 0. The van der Waals surface area contributed by atoms with Gasteiger partial charge in [0.25, 0.3) is 0 Å². The molecule has 4 heteroatoms. The van der Waals surface area contributed by atoms with Crippen LogP contribution in [0, 0.1) is 11.8 Å². The van der Waals surface area contributed by atoms with Crippen LogP contribution in [0.15, 0.2) is 0 Å². The molecule has 0 aromatic heterocycles. The molecule has 0 aromatic rings. The summed E-state index contributed by atoms with van der Waals surface area (Å²) < 4.78 is 5.32. The Morgan fingerprint density at radius 2 is 1.90 bits per heavy atom. The van der Waals surface area contributed by atoms with Crippen molar-refractivity contribution in [1.82, 2.24) is 10.2 Å². The van der Waals surface area contributed by atoms with Gasteiger partial charge in [0.1, 0.15) is 0 Å². The number of morpholine rings is 1. The van der Waals surface area contributed by atoms with E-state index in [4.69, 9.17) is 4.74 Å². The van der Waals surface area contributed by atoms with E-state index in [0.29, 0.717) is 0 Å². The molecule has 1 unspecified atom stereocenters. The van der Waals surface area contributed by atoms with Crippen LogP contribution in [0.3, 0.4) is 0 Å². The van der Waals surface area contributed by atoms with Gasteiger partial charge in [-0.1, -0.05) is 32.6 Å². The third kappa shape index (κ3) is 6.08. The van der Waals surface area contributed by atoms with Gasteiger partial charge in [-0.05, 0) is 24.8 Å². The molecular formula is C16H32N2O2. The highest BCUT2D eigenvalue weighted by molar-refractivity contribution is 4.72. The fourth-order valence-corrected chi connectivity index (χ4v) is 3.34. The van der Waals surface area contributed by atoms with Gasteiger partial charge in [-0.2, -0.15) is 0 Å². The summed E-state index contributed by atoms with van der Waals surface area (Å²) in [6.45, 7) is 8.45. The number of aliphatic hydroxyl groups is 1. The number of hydrogen-bond donors (Lipinski definition) is 2. The van der Waals surface area contributed by atoms with Crippen LogP contribution in [0.5, 0.6) is 0 Å². The first kappa shape index (κ1) is 16.2. The van der Waals surface area contributed by atoms with Crippen molar-refractivity contribution in [2.45, 2.75) is 45.1 Å². The number of β-amino-alcohol motifs (C(OH)–C–C–N with tert-alkyl or cyclic N) is 1. The zero-order valence-corrected chi connectivity index (χ0v) is 13.0. The fourth-order valence-electron chi connectivity index (χ4n) is 3.34. The van der Waals surface area contributed by atoms with E-state index in [1.165, 1.54) is 32.1 Å². The summed E-state index contributed by atoms with van der Waals surface area (Å²) in [5, 5.41) is 13.5. The van der Waals surface area contributed by atoms with Crippen LogP contribution in [0.4, 0.5) is 0 Å². The van der Waals surface area contributed by atoms with Crippen LogP contribution < -0.4 is 5.32 Å². The topological polar surface area (TPSA) is 44.7 Å². The Balaban J connectivity index is 1.47. The summed E-state index contributed by atoms with van der Waals surface area (Å²) in [6.07, 6.45) is 6.64. The van der Waals surface area contributed by atoms with Gasteiger partial charge >= 0.3 is 0 Å². The molecule has 2 aliphatic rings. The molecule has 1 heterocycles. The highest BCUT2D eigenvalue weighted by atomic mass is 16.5. The standard InChI is InChI=1S/C16H32N2O2/c1-14-2-4-15(5-3-14)6-7-17-12-16(19)13-18-8-10-20-11-9-18/h14-17,19H,2-13H2,1H3. The number of ether oxygens (including phenoxy) is 1. The minimum absolute atomic E-state index is 0.250. The van der Waals surface area contributed by atoms with Crippen molar-refractivity contribution in [2.24, 2.45) is 11.8 Å². The smallest absolute Gasteiger partial charge is 0.0791 e. The monoisotopic (exact) mass is 284 g/mol. The average Bonchev–Trinajstić information content (AvgIpc) is 2.46. The van der Waals surface area contributed by atoms with Crippen LogP contribution in [0.1, 0.15) is 39.0 Å². The zero-order valence-electron chi connectivity index (χ0n) is 13.0. The Hall–Kier alpha value is -0.160. The van der Waals surface area contributed by atoms with E-state index in [0.717, 1.165) is 57.8 Å². The molecule has 0 amide bonds. The number of nitrogens with one attached hydrogen (secondary N) is 1. The second-order valence-corrected chi connectivity index (χ2v) is 6.69. The van der Waals surface area contributed by atoms with Crippen LogP contribution in [0.2, 0.25) is 0 Å². The van der Waals surface area contributed by atoms with Crippen LogP contribution in [-0.2, 0) is 4.74 Å². The van der Waals surface area contributed by atoms with Gasteiger partial charge in [0.05, 0.1) is 19.3 Å². The Labute approximate surface area is 123 Å². The van der Waals surface area contributed by atoms with Crippen molar-refractivity contribution in [1.29, 1.82) is 0 Å². The van der Waals surface area contributed by atoms with E-state index in [9.17, 15) is 5.11 Å². The SMILES string of the molecule is CC1CCC(CCNCC(O)CN2CCOCC2)CC1. The summed E-state index contributed by atoms with van der Waals surface area (Å²) >= 11 is 0. The van der Waals surface area contributed by atoms with Crippen molar-refractivity contribution in [2.75, 3.05) is 45.9 Å². The molecule has 2 N–H and O–H groups in total. The summed E-state index contributed by atoms with van der Waals surface area (Å²) in [5.74, 6) is 1.85. The fraction of sp³-hybridized carbons (Fsp3) is 1.00. The first-order valence-corrected chi connectivity index (χ1v) is 8.43. The summed E-state index contributed by atoms with van der Waals surface area (Å²) in [6, 6.07) is 0. The molecule has 0 aromatic carbocycles. The van der Waals surface area contributed by atoms with Crippen molar-refractivity contribution < 1.29 is 9.84 Å². The maximum atomic E-state index is 10.0. The largest absolute Gasteiger partial charge is 0.390 e.